The number of aromatic nitrogens is 2. The van der Waals surface area contributed by atoms with Gasteiger partial charge in [-0.1, -0.05) is 17.7 Å². The van der Waals surface area contributed by atoms with Crippen molar-refractivity contribution >= 4 is 34.8 Å². The molecule has 0 aliphatic carbocycles. The predicted octanol–water partition coefficient (Wildman–Crippen LogP) is 3.85. The van der Waals surface area contributed by atoms with Crippen LogP contribution in [0.2, 0.25) is 5.02 Å². The Morgan fingerprint density at radius 3 is 2.62 bits per heavy atom. The van der Waals surface area contributed by atoms with Crippen LogP contribution in [0.15, 0.2) is 54.9 Å². The van der Waals surface area contributed by atoms with Crippen LogP contribution >= 0.6 is 11.6 Å². The van der Waals surface area contributed by atoms with Crippen molar-refractivity contribution < 1.29 is 14.3 Å². The highest BCUT2D eigenvalue weighted by molar-refractivity contribution is 6.30. The van der Waals surface area contributed by atoms with Crippen molar-refractivity contribution in [2.24, 2.45) is 0 Å². The number of benzene rings is 2. The van der Waals surface area contributed by atoms with Crippen molar-refractivity contribution in [1.82, 2.24) is 9.97 Å². The molecule has 26 heavy (non-hydrogen) atoms. The number of nitrogens with one attached hydrogen (secondary N) is 2. The number of carbonyl (C=O) groups excluding carboxylic acids is 1. The first-order chi connectivity index (χ1) is 12.7. The molecular formula is C18H13ClN4O3. The second-order valence-electron chi connectivity index (χ2n) is 5.45. The van der Waals surface area contributed by atoms with Gasteiger partial charge in [-0.15, -0.1) is 0 Å². The molecule has 130 valence electrons. The second kappa shape index (κ2) is 6.89. The van der Waals surface area contributed by atoms with E-state index in [1.807, 2.05) is 6.07 Å². The molecule has 2 heterocycles. The van der Waals surface area contributed by atoms with E-state index in [-0.39, 0.29) is 12.7 Å². The summed E-state index contributed by atoms with van der Waals surface area (Å²) >= 11 is 5.91. The third-order valence-corrected chi connectivity index (χ3v) is 3.86. The minimum absolute atomic E-state index is 0.214. The first kappa shape index (κ1) is 16.2. The van der Waals surface area contributed by atoms with E-state index in [9.17, 15) is 4.79 Å². The fraction of sp³-hybridized carbons (Fsp3) is 0.0556. The summed E-state index contributed by atoms with van der Waals surface area (Å²) in [5, 5.41) is 6.34. The van der Waals surface area contributed by atoms with Crippen LogP contribution in [0.1, 0.15) is 10.4 Å². The number of nitrogens with zero attached hydrogens (tertiary/aromatic N) is 2. The Labute approximate surface area is 154 Å². The van der Waals surface area contributed by atoms with Crippen molar-refractivity contribution in [1.29, 1.82) is 0 Å². The molecule has 1 aromatic heterocycles. The van der Waals surface area contributed by atoms with Gasteiger partial charge in [0, 0.05) is 34.9 Å². The molecule has 2 aromatic carbocycles. The lowest BCUT2D eigenvalue weighted by atomic mass is 10.2. The van der Waals surface area contributed by atoms with E-state index in [0.717, 1.165) is 5.69 Å². The van der Waals surface area contributed by atoms with E-state index in [4.69, 9.17) is 21.1 Å². The van der Waals surface area contributed by atoms with E-state index >= 15 is 0 Å². The molecule has 0 radical (unpaired) electrons. The number of carbonyl (C=O) groups is 1. The van der Waals surface area contributed by atoms with E-state index in [2.05, 4.69) is 20.6 Å². The Bertz CT molecular complexity index is 963. The maximum absolute atomic E-state index is 12.2. The van der Waals surface area contributed by atoms with E-state index in [1.54, 1.807) is 36.4 Å². The van der Waals surface area contributed by atoms with Gasteiger partial charge >= 0.3 is 0 Å². The van der Waals surface area contributed by atoms with Crippen molar-refractivity contribution in [2.45, 2.75) is 0 Å². The monoisotopic (exact) mass is 368 g/mol. The summed E-state index contributed by atoms with van der Waals surface area (Å²) < 4.78 is 10.6. The van der Waals surface area contributed by atoms with Gasteiger partial charge in [0.2, 0.25) is 12.7 Å². The molecule has 0 bridgehead atoms. The molecular weight excluding hydrogens is 356 g/mol. The van der Waals surface area contributed by atoms with Crippen molar-refractivity contribution in [2.75, 3.05) is 17.4 Å². The highest BCUT2D eigenvalue weighted by Gasteiger charge is 2.14. The van der Waals surface area contributed by atoms with Gasteiger partial charge < -0.3 is 20.1 Å². The summed E-state index contributed by atoms with van der Waals surface area (Å²) in [5.74, 6) is 1.40. The number of anilines is 3. The molecule has 0 unspecified atom stereocenters. The zero-order chi connectivity index (χ0) is 17.9. The van der Waals surface area contributed by atoms with Gasteiger partial charge in [0.1, 0.15) is 0 Å². The predicted molar refractivity (Wildman–Crippen MR) is 97.3 cm³/mol. The van der Waals surface area contributed by atoms with Gasteiger partial charge in [0.25, 0.3) is 5.91 Å². The van der Waals surface area contributed by atoms with Gasteiger partial charge in [-0.25, -0.2) is 9.97 Å². The SMILES string of the molecule is O=C(Nc1cccc(Cl)c1)c1cnc(Nc2ccc3c(c2)OCO3)nc1. The molecule has 1 aliphatic rings. The molecule has 8 heteroatoms. The van der Waals surface area contributed by atoms with Gasteiger partial charge in [-0.2, -0.15) is 0 Å². The molecule has 4 rings (SSSR count). The molecule has 1 amide bonds. The van der Waals surface area contributed by atoms with Gasteiger partial charge in [0.15, 0.2) is 11.5 Å². The summed E-state index contributed by atoms with van der Waals surface area (Å²) in [7, 11) is 0. The number of halogens is 1. The quantitative estimate of drug-likeness (QED) is 0.727. The summed E-state index contributed by atoms with van der Waals surface area (Å²) in [4.78, 5) is 20.6. The maximum Gasteiger partial charge on any atom is 0.258 e. The molecule has 0 saturated heterocycles. The summed E-state index contributed by atoms with van der Waals surface area (Å²) in [6.45, 7) is 0.214. The Morgan fingerprint density at radius 1 is 1.00 bits per heavy atom. The Kier molecular flexibility index (Phi) is 4.28. The van der Waals surface area contributed by atoms with Gasteiger partial charge in [0.05, 0.1) is 5.56 Å². The molecule has 0 spiro atoms. The largest absolute Gasteiger partial charge is 0.454 e. The van der Waals surface area contributed by atoms with E-state index < -0.39 is 0 Å². The van der Waals surface area contributed by atoms with Crippen LogP contribution in [0, 0.1) is 0 Å². The molecule has 2 N–H and O–H groups in total. The van der Waals surface area contributed by atoms with Crippen molar-refractivity contribution in [3.8, 4) is 11.5 Å². The molecule has 7 nitrogen and oxygen atoms in total. The van der Waals surface area contributed by atoms with Crippen molar-refractivity contribution in [3.05, 3.63) is 65.4 Å². The number of hydrogen-bond donors (Lipinski definition) is 2. The van der Waals surface area contributed by atoms with E-state index in [0.29, 0.717) is 33.7 Å². The first-order valence-corrected chi connectivity index (χ1v) is 8.11. The van der Waals surface area contributed by atoms with Crippen LogP contribution in [-0.4, -0.2) is 22.7 Å². The third-order valence-electron chi connectivity index (χ3n) is 3.63. The second-order valence-corrected chi connectivity index (χ2v) is 5.89. The lowest BCUT2D eigenvalue weighted by molar-refractivity contribution is 0.102. The zero-order valence-corrected chi connectivity index (χ0v) is 14.2. The fourth-order valence-electron chi connectivity index (χ4n) is 2.38. The Hall–Kier alpha value is -3.32. The minimum Gasteiger partial charge on any atom is -0.454 e. The van der Waals surface area contributed by atoms with Crippen LogP contribution < -0.4 is 20.1 Å². The Balaban J connectivity index is 1.44. The summed E-state index contributed by atoms with van der Waals surface area (Å²) in [5.41, 5.74) is 1.69. The number of rotatable bonds is 4. The van der Waals surface area contributed by atoms with Gasteiger partial charge in [-0.3, -0.25) is 4.79 Å². The van der Waals surface area contributed by atoms with Gasteiger partial charge in [-0.05, 0) is 30.3 Å². The number of fused-ring (bicyclic) bond motifs is 1. The lowest BCUT2D eigenvalue weighted by Crippen LogP contribution is -2.13. The summed E-state index contributed by atoms with van der Waals surface area (Å²) in [6.07, 6.45) is 2.89. The van der Waals surface area contributed by atoms with E-state index in [1.165, 1.54) is 12.4 Å². The average molecular weight is 369 g/mol. The summed E-state index contributed by atoms with van der Waals surface area (Å²) in [6, 6.07) is 12.3. The average Bonchev–Trinajstić information content (AvgIpc) is 3.10. The number of hydrogen-bond acceptors (Lipinski definition) is 6. The Morgan fingerprint density at radius 2 is 1.81 bits per heavy atom. The molecule has 0 atom stereocenters. The topological polar surface area (TPSA) is 85.4 Å². The lowest BCUT2D eigenvalue weighted by Gasteiger charge is -2.07. The third kappa shape index (κ3) is 3.52. The molecule has 1 aliphatic heterocycles. The van der Waals surface area contributed by atoms with Crippen LogP contribution in [0.5, 0.6) is 11.5 Å². The van der Waals surface area contributed by atoms with Crippen LogP contribution in [0.25, 0.3) is 0 Å². The molecule has 3 aromatic rings. The maximum atomic E-state index is 12.2. The molecule has 0 saturated carbocycles. The smallest absolute Gasteiger partial charge is 0.258 e. The number of ether oxygens (including phenoxy) is 2. The highest BCUT2D eigenvalue weighted by Crippen LogP contribution is 2.34. The van der Waals surface area contributed by atoms with Crippen LogP contribution in [0.3, 0.4) is 0 Å². The standard InChI is InChI=1S/C18H13ClN4O3/c19-12-2-1-3-13(6-12)22-17(24)11-8-20-18(21-9-11)23-14-4-5-15-16(7-14)26-10-25-15/h1-9H,10H2,(H,22,24)(H,20,21,23). The number of amides is 1. The zero-order valence-electron chi connectivity index (χ0n) is 13.4. The molecule has 0 fully saturated rings. The minimum atomic E-state index is -0.318. The highest BCUT2D eigenvalue weighted by atomic mass is 35.5. The van der Waals surface area contributed by atoms with Crippen molar-refractivity contribution in [3.63, 3.8) is 0 Å². The van der Waals surface area contributed by atoms with Crippen LogP contribution in [-0.2, 0) is 0 Å². The first-order valence-electron chi connectivity index (χ1n) is 7.73. The normalized spacial score (nSPS) is 11.9. The fourth-order valence-corrected chi connectivity index (χ4v) is 2.57. The van der Waals surface area contributed by atoms with Crippen LogP contribution in [0.4, 0.5) is 17.3 Å².